The van der Waals surface area contributed by atoms with Gasteiger partial charge in [-0.1, -0.05) is 17.7 Å². The molecule has 1 saturated carbocycles. The first-order valence-electron chi connectivity index (χ1n) is 13.4. The summed E-state index contributed by atoms with van der Waals surface area (Å²) in [4.78, 5) is 35.3. The van der Waals surface area contributed by atoms with Gasteiger partial charge in [0.1, 0.15) is 11.2 Å². The number of ether oxygens (including phenoxy) is 1. The van der Waals surface area contributed by atoms with Gasteiger partial charge >= 0.3 is 0 Å². The maximum Gasteiger partial charge on any atom is 0.253 e. The van der Waals surface area contributed by atoms with E-state index in [0.29, 0.717) is 41.8 Å². The predicted octanol–water partition coefficient (Wildman–Crippen LogP) is 3.88. The van der Waals surface area contributed by atoms with E-state index >= 15 is 0 Å². The van der Waals surface area contributed by atoms with E-state index in [4.69, 9.17) is 16.3 Å². The zero-order valence-electron chi connectivity index (χ0n) is 22.5. The Hall–Kier alpha value is -3.59. The fourth-order valence-corrected chi connectivity index (χ4v) is 6.50. The van der Waals surface area contributed by atoms with E-state index in [-0.39, 0.29) is 17.9 Å². The standard InChI is InChI=1S/C29H33ClN6O3/c1-18-24(10-20(30)12-31-18)27(37)33-21-6-4-19(5-7-21)14-36-26-11-23(39-3)8-9-25(26)29(28(36)38)16-35(17-29)22-13-32-34(2)15-22/h8-13,15,19,21H,4-7,14,16-17H2,1-3H3,(H,33,37). The van der Waals surface area contributed by atoms with Crippen LogP contribution in [0.25, 0.3) is 0 Å². The second-order valence-electron chi connectivity index (χ2n) is 11.1. The average molecular weight is 549 g/mol. The summed E-state index contributed by atoms with van der Waals surface area (Å²) in [7, 11) is 3.56. The SMILES string of the molecule is COc1ccc2c(c1)N(CC1CCC(NC(=O)c3cc(Cl)cnc3C)CC1)C(=O)C21CN(c2cnn(C)c2)C1. The molecule has 204 valence electrons. The number of pyridine rings is 1. The molecule has 6 rings (SSSR count). The average Bonchev–Trinajstić information content (AvgIpc) is 3.44. The normalized spacial score (nSPS) is 21.6. The number of benzene rings is 1. The number of anilines is 2. The lowest BCUT2D eigenvalue weighted by Gasteiger charge is -2.47. The minimum Gasteiger partial charge on any atom is -0.497 e. The molecule has 3 aromatic rings. The highest BCUT2D eigenvalue weighted by molar-refractivity contribution is 6.30. The van der Waals surface area contributed by atoms with Crippen molar-refractivity contribution in [2.75, 3.05) is 36.5 Å². The van der Waals surface area contributed by atoms with E-state index in [1.54, 1.807) is 24.1 Å². The van der Waals surface area contributed by atoms with Gasteiger partial charge in [-0.3, -0.25) is 19.3 Å². The summed E-state index contributed by atoms with van der Waals surface area (Å²) < 4.78 is 7.30. The van der Waals surface area contributed by atoms with Crippen LogP contribution in [0.15, 0.2) is 42.9 Å². The highest BCUT2D eigenvalue weighted by Crippen LogP contribution is 2.50. The van der Waals surface area contributed by atoms with E-state index in [9.17, 15) is 9.59 Å². The van der Waals surface area contributed by atoms with Crippen molar-refractivity contribution in [1.82, 2.24) is 20.1 Å². The minimum atomic E-state index is -0.536. The summed E-state index contributed by atoms with van der Waals surface area (Å²) in [6.45, 7) is 3.77. The monoisotopic (exact) mass is 548 g/mol. The van der Waals surface area contributed by atoms with Gasteiger partial charge < -0.3 is 19.9 Å². The molecule has 10 heteroatoms. The third kappa shape index (κ3) is 4.52. The molecular formula is C29H33ClN6O3. The number of nitrogens with one attached hydrogen (secondary N) is 1. The van der Waals surface area contributed by atoms with Gasteiger partial charge in [0.25, 0.3) is 5.91 Å². The minimum absolute atomic E-state index is 0.0970. The third-order valence-electron chi connectivity index (χ3n) is 8.56. The molecule has 3 aliphatic rings. The van der Waals surface area contributed by atoms with Crippen LogP contribution in [0.5, 0.6) is 5.75 Å². The maximum atomic E-state index is 14.0. The molecule has 1 spiro atoms. The molecule has 9 nitrogen and oxygen atoms in total. The number of rotatable bonds is 6. The lowest BCUT2D eigenvalue weighted by Crippen LogP contribution is -2.64. The number of amides is 2. The number of fused-ring (bicyclic) bond motifs is 2. The van der Waals surface area contributed by atoms with Crippen molar-refractivity contribution < 1.29 is 14.3 Å². The zero-order valence-corrected chi connectivity index (χ0v) is 23.2. The van der Waals surface area contributed by atoms with Crippen LogP contribution in [-0.2, 0) is 17.3 Å². The molecule has 1 saturated heterocycles. The van der Waals surface area contributed by atoms with Gasteiger partial charge in [-0.2, -0.15) is 5.10 Å². The van der Waals surface area contributed by atoms with Gasteiger partial charge in [0, 0.05) is 51.2 Å². The predicted molar refractivity (Wildman–Crippen MR) is 150 cm³/mol. The molecule has 39 heavy (non-hydrogen) atoms. The number of carbonyl (C=O) groups is 2. The molecule has 4 heterocycles. The van der Waals surface area contributed by atoms with Crippen molar-refractivity contribution in [3.63, 3.8) is 0 Å². The molecule has 0 bridgehead atoms. The third-order valence-corrected chi connectivity index (χ3v) is 8.77. The van der Waals surface area contributed by atoms with E-state index < -0.39 is 5.41 Å². The number of aryl methyl sites for hydroxylation is 2. The Morgan fingerprint density at radius 3 is 2.64 bits per heavy atom. The van der Waals surface area contributed by atoms with Crippen LogP contribution < -0.4 is 19.9 Å². The van der Waals surface area contributed by atoms with Crippen LogP contribution in [0.4, 0.5) is 11.4 Å². The first kappa shape index (κ1) is 25.7. The summed E-state index contributed by atoms with van der Waals surface area (Å²) in [5.74, 6) is 1.15. The zero-order chi connectivity index (χ0) is 27.3. The number of carbonyl (C=O) groups excluding carboxylic acids is 2. The molecule has 2 aliphatic heterocycles. The van der Waals surface area contributed by atoms with Crippen molar-refractivity contribution >= 4 is 34.8 Å². The topological polar surface area (TPSA) is 92.6 Å². The van der Waals surface area contributed by atoms with Gasteiger partial charge in [-0.25, -0.2) is 0 Å². The Morgan fingerprint density at radius 2 is 1.95 bits per heavy atom. The van der Waals surface area contributed by atoms with Crippen LogP contribution in [0.2, 0.25) is 5.02 Å². The Balaban J connectivity index is 1.13. The lowest BCUT2D eigenvalue weighted by molar-refractivity contribution is -0.124. The number of halogens is 1. The molecular weight excluding hydrogens is 516 g/mol. The van der Waals surface area contributed by atoms with Crippen LogP contribution in [-0.4, -0.2) is 59.4 Å². The number of hydrogen-bond donors (Lipinski definition) is 1. The molecule has 2 aromatic heterocycles. The summed E-state index contributed by atoms with van der Waals surface area (Å²) in [5.41, 5.74) is 3.73. The highest BCUT2D eigenvalue weighted by atomic mass is 35.5. The van der Waals surface area contributed by atoms with Crippen molar-refractivity contribution in [2.24, 2.45) is 13.0 Å². The second-order valence-corrected chi connectivity index (χ2v) is 11.5. The number of nitrogens with zero attached hydrogens (tertiary/aromatic N) is 5. The molecule has 0 radical (unpaired) electrons. The summed E-state index contributed by atoms with van der Waals surface area (Å²) in [5, 5.41) is 7.91. The summed E-state index contributed by atoms with van der Waals surface area (Å²) >= 11 is 6.06. The smallest absolute Gasteiger partial charge is 0.253 e. The Bertz CT molecular complexity index is 1420. The molecule has 2 fully saturated rings. The van der Waals surface area contributed by atoms with E-state index in [2.05, 4.69) is 26.4 Å². The number of hydrogen-bond acceptors (Lipinski definition) is 6. The Labute approximate surface area is 233 Å². The molecule has 1 aromatic carbocycles. The largest absolute Gasteiger partial charge is 0.497 e. The number of aromatic nitrogens is 3. The Kier molecular flexibility index (Phi) is 6.49. The van der Waals surface area contributed by atoms with Crippen molar-refractivity contribution in [1.29, 1.82) is 0 Å². The molecule has 0 unspecified atom stereocenters. The van der Waals surface area contributed by atoms with Crippen LogP contribution in [0.1, 0.15) is 47.3 Å². The first-order chi connectivity index (χ1) is 18.8. The van der Waals surface area contributed by atoms with Crippen LogP contribution in [0, 0.1) is 12.8 Å². The summed E-state index contributed by atoms with van der Waals surface area (Å²) in [6.07, 6.45) is 9.01. The maximum absolute atomic E-state index is 14.0. The van der Waals surface area contributed by atoms with Crippen LogP contribution in [0.3, 0.4) is 0 Å². The second kappa shape index (κ2) is 9.86. The van der Waals surface area contributed by atoms with Gasteiger partial charge in [0.15, 0.2) is 0 Å². The van der Waals surface area contributed by atoms with E-state index in [1.165, 1.54) is 0 Å². The van der Waals surface area contributed by atoms with Gasteiger partial charge in [0.2, 0.25) is 5.91 Å². The summed E-state index contributed by atoms with van der Waals surface area (Å²) in [6, 6.07) is 7.78. The molecule has 0 atom stereocenters. The number of methoxy groups -OCH3 is 1. The first-order valence-corrected chi connectivity index (χ1v) is 13.8. The van der Waals surface area contributed by atoms with E-state index in [0.717, 1.165) is 48.4 Å². The van der Waals surface area contributed by atoms with Crippen molar-refractivity contribution in [2.45, 2.75) is 44.1 Å². The van der Waals surface area contributed by atoms with Crippen molar-refractivity contribution in [3.05, 3.63) is 64.7 Å². The Morgan fingerprint density at radius 1 is 1.18 bits per heavy atom. The fraction of sp³-hybridized carbons (Fsp3) is 0.448. The van der Waals surface area contributed by atoms with Gasteiger partial charge in [0.05, 0.1) is 41.0 Å². The quantitative estimate of drug-likeness (QED) is 0.502. The van der Waals surface area contributed by atoms with Gasteiger partial charge in [-0.05, 0) is 56.2 Å². The lowest BCUT2D eigenvalue weighted by atomic mass is 9.74. The molecule has 1 aliphatic carbocycles. The van der Waals surface area contributed by atoms with Crippen LogP contribution >= 0.6 is 11.6 Å². The van der Waals surface area contributed by atoms with Crippen molar-refractivity contribution in [3.8, 4) is 5.75 Å². The molecule has 2 amide bonds. The highest BCUT2D eigenvalue weighted by Gasteiger charge is 2.58. The van der Waals surface area contributed by atoms with E-state index in [1.807, 2.05) is 43.4 Å². The van der Waals surface area contributed by atoms with Gasteiger partial charge in [-0.15, -0.1) is 0 Å². The fourth-order valence-electron chi connectivity index (χ4n) is 6.34. The molecule has 1 N–H and O–H groups in total.